The Balaban J connectivity index is 1.90. The molecule has 1 aromatic rings. The number of rotatable bonds is 3. The molecule has 1 aromatic heterocycles. The SMILES string of the molecule is Cc1nnc(NC(=O)CN2C(C)CCCC2C)s1. The summed E-state index contributed by atoms with van der Waals surface area (Å²) in [5.74, 6) is 0.00625. The van der Waals surface area contributed by atoms with E-state index >= 15 is 0 Å². The van der Waals surface area contributed by atoms with Crippen LogP contribution in [-0.4, -0.2) is 39.6 Å². The van der Waals surface area contributed by atoms with Gasteiger partial charge in [0, 0.05) is 12.1 Å². The molecule has 6 heteroatoms. The second-order valence-corrected chi connectivity index (χ2v) is 6.16. The number of piperidine rings is 1. The third-order valence-electron chi connectivity index (χ3n) is 3.47. The Morgan fingerprint density at radius 1 is 1.39 bits per heavy atom. The molecule has 0 bridgehead atoms. The quantitative estimate of drug-likeness (QED) is 0.911. The van der Waals surface area contributed by atoms with E-state index in [1.165, 1.54) is 30.6 Å². The van der Waals surface area contributed by atoms with Crippen molar-refractivity contribution < 1.29 is 4.79 Å². The maximum absolute atomic E-state index is 12.0. The molecule has 1 saturated heterocycles. The fourth-order valence-corrected chi connectivity index (χ4v) is 3.07. The Bertz CT molecular complexity index is 410. The lowest BCUT2D eigenvalue weighted by atomic mass is 9.97. The lowest BCUT2D eigenvalue weighted by Crippen LogP contribution is -2.47. The second kappa shape index (κ2) is 5.75. The second-order valence-electron chi connectivity index (χ2n) is 4.98. The first-order valence-electron chi connectivity index (χ1n) is 6.42. The van der Waals surface area contributed by atoms with Gasteiger partial charge < -0.3 is 0 Å². The maximum atomic E-state index is 12.0. The van der Waals surface area contributed by atoms with Crippen molar-refractivity contribution in [3.8, 4) is 0 Å². The molecule has 1 aliphatic heterocycles. The Labute approximate surface area is 112 Å². The highest BCUT2D eigenvalue weighted by Gasteiger charge is 2.26. The van der Waals surface area contributed by atoms with Gasteiger partial charge >= 0.3 is 0 Å². The number of hydrogen-bond donors (Lipinski definition) is 1. The first kappa shape index (κ1) is 13.4. The van der Waals surface area contributed by atoms with Crippen molar-refractivity contribution >= 4 is 22.4 Å². The summed E-state index contributed by atoms with van der Waals surface area (Å²) >= 11 is 1.41. The molecular weight excluding hydrogens is 248 g/mol. The fraction of sp³-hybridized carbons (Fsp3) is 0.750. The minimum absolute atomic E-state index is 0.00625. The third kappa shape index (κ3) is 3.26. The molecule has 1 aliphatic rings. The number of aryl methyl sites for hydroxylation is 1. The molecule has 2 rings (SSSR count). The van der Waals surface area contributed by atoms with Gasteiger partial charge in [-0.05, 0) is 33.6 Å². The number of aromatic nitrogens is 2. The smallest absolute Gasteiger partial charge is 0.240 e. The minimum Gasteiger partial charge on any atom is -0.299 e. The summed E-state index contributed by atoms with van der Waals surface area (Å²) in [5, 5.41) is 12.1. The molecule has 0 radical (unpaired) electrons. The van der Waals surface area contributed by atoms with Crippen LogP contribution in [0.5, 0.6) is 0 Å². The standard InChI is InChI=1S/C12H20N4OS/c1-8-5-4-6-9(2)16(8)7-11(17)13-12-15-14-10(3)18-12/h8-9H,4-7H2,1-3H3,(H,13,15,17). The predicted octanol–water partition coefficient (Wildman–Crippen LogP) is 2.05. The summed E-state index contributed by atoms with van der Waals surface area (Å²) in [7, 11) is 0. The van der Waals surface area contributed by atoms with E-state index in [0.717, 1.165) is 5.01 Å². The lowest BCUT2D eigenvalue weighted by Gasteiger charge is -2.38. The molecule has 0 saturated carbocycles. The molecule has 0 spiro atoms. The Hall–Kier alpha value is -1.01. The van der Waals surface area contributed by atoms with E-state index in [4.69, 9.17) is 0 Å². The molecular formula is C12H20N4OS. The van der Waals surface area contributed by atoms with Gasteiger partial charge in [-0.15, -0.1) is 10.2 Å². The molecule has 100 valence electrons. The van der Waals surface area contributed by atoms with Crippen molar-refractivity contribution in [2.24, 2.45) is 0 Å². The van der Waals surface area contributed by atoms with Gasteiger partial charge in [-0.3, -0.25) is 15.0 Å². The predicted molar refractivity (Wildman–Crippen MR) is 72.8 cm³/mol. The molecule has 1 amide bonds. The van der Waals surface area contributed by atoms with Gasteiger partial charge in [-0.1, -0.05) is 17.8 Å². The molecule has 2 unspecified atom stereocenters. The van der Waals surface area contributed by atoms with Crippen LogP contribution in [0.25, 0.3) is 0 Å². The summed E-state index contributed by atoms with van der Waals surface area (Å²) in [4.78, 5) is 14.2. The van der Waals surface area contributed by atoms with Crippen LogP contribution < -0.4 is 5.32 Å². The zero-order valence-corrected chi connectivity index (χ0v) is 12.0. The number of carbonyl (C=O) groups is 1. The Morgan fingerprint density at radius 3 is 2.61 bits per heavy atom. The van der Waals surface area contributed by atoms with Crippen LogP contribution in [0.4, 0.5) is 5.13 Å². The van der Waals surface area contributed by atoms with Crippen molar-refractivity contribution in [2.75, 3.05) is 11.9 Å². The number of nitrogens with one attached hydrogen (secondary N) is 1. The van der Waals surface area contributed by atoms with E-state index in [-0.39, 0.29) is 5.91 Å². The number of likely N-dealkylation sites (tertiary alicyclic amines) is 1. The van der Waals surface area contributed by atoms with Crippen molar-refractivity contribution in [3.05, 3.63) is 5.01 Å². The molecule has 18 heavy (non-hydrogen) atoms. The van der Waals surface area contributed by atoms with E-state index in [1.54, 1.807) is 0 Å². The summed E-state index contributed by atoms with van der Waals surface area (Å²) in [6.45, 7) is 6.71. The van der Waals surface area contributed by atoms with E-state index in [9.17, 15) is 4.79 Å². The highest BCUT2D eigenvalue weighted by Crippen LogP contribution is 2.22. The molecule has 2 heterocycles. The molecule has 0 aliphatic carbocycles. The topological polar surface area (TPSA) is 58.1 Å². The van der Waals surface area contributed by atoms with Gasteiger partial charge in [0.25, 0.3) is 0 Å². The largest absolute Gasteiger partial charge is 0.299 e. The average molecular weight is 268 g/mol. The van der Waals surface area contributed by atoms with E-state index in [2.05, 4.69) is 34.3 Å². The van der Waals surface area contributed by atoms with E-state index in [1.807, 2.05) is 6.92 Å². The Kier molecular flexibility index (Phi) is 4.29. The first-order valence-corrected chi connectivity index (χ1v) is 7.23. The number of anilines is 1. The van der Waals surface area contributed by atoms with Crippen LogP contribution in [0.1, 0.15) is 38.1 Å². The highest BCUT2D eigenvalue weighted by atomic mass is 32.1. The van der Waals surface area contributed by atoms with Crippen LogP contribution in [-0.2, 0) is 4.79 Å². The van der Waals surface area contributed by atoms with Gasteiger partial charge in [-0.25, -0.2) is 0 Å². The number of hydrogen-bond acceptors (Lipinski definition) is 5. The molecule has 5 nitrogen and oxygen atoms in total. The van der Waals surface area contributed by atoms with Crippen LogP contribution in [0, 0.1) is 6.92 Å². The van der Waals surface area contributed by atoms with Crippen LogP contribution in [0.2, 0.25) is 0 Å². The number of carbonyl (C=O) groups excluding carboxylic acids is 1. The van der Waals surface area contributed by atoms with E-state index in [0.29, 0.717) is 23.8 Å². The first-order chi connectivity index (χ1) is 8.56. The zero-order valence-electron chi connectivity index (χ0n) is 11.1. The molecule has 1 N–H and O–H groups in total. The zero-order chi connectivity index (χ0) is 13.1. The van der Waals surface area contributed by atoms with Gasteiger partial charge in [0.05, 0.1) is 6.54 Å². The summed E-state index contributed by atoms with van der Waals surface area (Å²) in [6.07, 6.45) is 3.61. The molecule has 1 fully saturated rings. The average Bonchev–Trinajstić information content (AvgIpc) is 2.69. The minimum atomic E-state index is 0.00625. The van der Waals surface area contributed by atoms with E-state index < -0.39 is 0 Å². The highest BCUT2D eigenvalue weighted by molar-refractivity contribution is 7.15. The third-order valence-corrected chi connectivity index (χ3v) is 4.23. The Morgan fingerprint density at radius 2 is 2.06 bits per heavy atom. The molecule has 2 atom stereocenters. The number of amides is 1. The normalized spacial score (nSPS) is 25.1. The van der Waals surface area contributed by atoms with Crippen molar-refractivity contribution in [3.63, 3.8) is 0 Å². The van der Waals surface area contributed by atoms with Gasteiger partial charge in [0.1, 0.15) is 5.01 Å². The monoisotopic (exact) mass is 268 g/mol. The van der Waals surface area contributed by atoms with Crippen molar-refractivity contribution in [1.82, 2.24) is 15.1 Å². The lowest BCUT2D eigenvalue weighted by molar-refractivity contribution is -0.118. The van der Waals surface area contributed by atoms with Crippen LogP contribution in [0.3, 0.4) is 0 Å². The van der Waals surface area contributed by atoms with Crippen molar-refractivity contribution in [1.29, 1.82) is 0 Å². The van der Waals surface area contributed by atoms with Gasteiger partial charge in [0.15, 0.2) is 0 Å². The van der Waals surface area contributed by atoms with Crippen molar-refractivity contribution in [2.45, 2.75) is 52.1 Å². The fourth-order valence-electron chi connectivity index (χ4n) is 2.46. The summed E-state index contributed by atoms with van der Waals surface area (Å²) in [6, 6.07) is 0.964. The summed E-state index contributed by atoms with van der Waals surface area (Å²) in [5.41, 5.74) is 0. The van der Waals surface area contributed by atoms with Crippen LogP contribution >= 0.6 is 11.3 Å². The van der Waals surface area contributed by atoms with Gasteiger partial charge in [0.2, 0.25) is 11.0 Å². The number of nitrogens with zero attached hydrogens (tertiary/aromatic N) is 3. The van der Waals surface area contributed by atoms with Gasteiger partial charge in [-0.2, -0.15) is 0 Å². The summed E-state index contributed by atoms with van der Waals surface area (Å²) < 4.78 is 0. The van der Waals surface area contributed by atoms with Crippen LogP contribution in [0.15, 0.2) is 0 Å². The maximum Gasteiger partial charge on any atom is 0.240 e. The molecule has 0 aromatic carbocycles.